The summed E-state index contributed by atoms with van der Waals surface area (Å²) in [7, 11) is -3.77. The fourth-order valence-corrected chi connectivity index (χ4v) is 2.76. The van der Waals surface area contributed by atoms with E-state index in [4.69, 9.17) is 5.11 Å². The van der Waals surface area contributed by atoms with Crippen molar-refractivity contribution in [2.45, 2.75) is 6.42 Å². The molecule has 106 valence electrons. The molecule has 0 aliphatic heterocycles. The first-order chi connectivity index (χ1) is 9.48. The topological polar surface area (TPSA) is 96.4 Å². The van der Waals surface area contributed by atoms with Crippen molar-refractivity contribution in [2.24, 2.45) is 0 Å². The van der Waals surface area contributed by atoms with Crippen LogP contribution < -0.4 is 4.72 Å². The number of aliphatic carboxylic acids is 1. The molecule has 0 saturated heterocycles. The van der Waals surface area contributed by atoms with Crippen molar-refractivity contribution < 1.29 is 18.3 Å². The Hall–Kier alpha value is -1.99. The standard InChI is InChI=1S/C13H14N2O4S/c16-12(17)9-20(18,19)15-8-6-11-4-1-3-10-5-2-7-14-13(10)11/h1-5,7,15H,6,8-9H2,(H,16,17). The Morgan fingerprint density at radius 2 is 2.00 bits per heavy atom. The Morgan fingerprint density at radius 3 is 2.75 bits per heavy atom. The van der Waals surface area contributed by atoms with E-state index < -0.39 is 21.7 Å². The fraction of sp³-hybridized carbons (Fsp3) is 0.231. The first-order valence-corrected chi connectivity index (χ1v) is 7.65. The lowest BCUT2D eigenvalue weighted by molar-refractivity contribution is -0.134. The third-order valence-electron chi connectivity index (χ3n) is 2.75. The van der Waals surface area contributed by atoms with Crippen molar-refractivity contribution >= 4 is 26.9 Å². The molecule has 1 aromatic heterocycles. The molecule has 0 fully saturated rings. The molecule has 0 radical (unpaired) electrons. The maximum Gasteiger partial charge on any atom is 0.320 e. The SMILES string of the molecule is O=C(O)CS(=O)(=O)NCCc1cccc2cccnc12. The summed E-state index contributed by atoms with van der Waals surface area (Å²) in [6, 6.07) is 9.45. The third-order valence-corrected chi connectivity index (χ3v) is 4.02. The highest BCUT2D eigenvalue weighted by Crippen LogP contribution is 2.15. The van der Waals surface area contributed by atoms with Gasteiger partial charge in [0.15, 0.2) is 5.75 Å². The number of carbonyl (C=O) groups is 1. The zero-order chi connectivity index (χ0) is 14.6. The largest absolute Gasteiger partial charge is 0.480 e. The van der Waals surface area contributed by atoms with E-state index in [0.717, 1.165) is 16.5 Å². The van der Waals surface area contributed by atoms with E-state index in [-0.39, 0.29) is 6.54 Å². The smallest absolute Gasteiger partial charge is 0.320 e. The fourth-order valence-electron chi connectivity index (χ4n) is 1.92. The van der Waals surface area contributed by atoms with Crippen LogP contribution in [0.3, 0.4) is 0 Å². The highest BCUT2D eigenvalue weighted by atomic mass is 32.2. The molecule has 2 rings (SSSR count). The number of benzene rings is 1. The number of aromatic nitrogens is 1. The van der Waals surface area contributed by atoms with Crippen LogP contribution >= 0.6 is 0 Å². The molecule has 0 aliphatic rings. The molecule has 0 saturated carbocycles. The van der Waals surface area contributed by atoms with Crippen LogP contribution in [0, 0.1) is 0 Å². The Bertz CT molecular complexity index is 723. The minimum absolute atomic E-state index is 0.144. The van der Waals surface area contributed by atoms with Crippen molar-refractivity contribution in [2.75, 3.05) is 12.3 Å². The van der Waals surface area contributed by atoms with E-state index in [1.54, 1.807) is 6.20 Å². The Labute approximate surface area is 116 Å². The minimum Gasteiger partial charge on any atom is -0.480 e. The van der Waals surface area contributed by atoms with Gasteiger partial charge in [-0.15, -0.1) is 0 Å². The van der Waals surface area contributed by atoms with E-state index in [0.29, 0.717) is 6.42 Å². The number of hydrogen-bond donors (Lipinski definition) is 2. The van der Waals surface area contributed by atoms with Crippen LogP contribution in [0.2, 0.25) is 0 Å². The number of carboxylic acid groups (broad SMARTS) is 1. The van der Waals surface area contributed by atoms with Crippen LogP contribution in [0.4, 0.5) is 0 Å². The van der Waals surface area contributed by atoms with Crippen LogP contribution in [0.5, 0.6) is 0 Å². The highest BCUT2D eigenvalue weighted by Gasteiger charge is 2.14. The van der Waals surface area contributed by atoms with Gasteiger partial charge in [-0.3, -0.25) is 9.78 Å². The molecule has 7 heteroatoms. The molecule has 0 atom stereocenters. The van der Waals surface area contributed by atoms with E-state index in [2.05, 4.69) is 9.71 Å². The summed E-state index contributed by atoms with van der Waals surface area (Å²) in [6.45, 7) is 0.144. The van der Waals surface area contributed by atoms with Crippen LogP contribution in [-0.4, -0.2) is 36.8 Å². The summed E-state index contributed by atoms with van der Waals surface area (Å²) in [6.07, 6.45) is 2.13. The second kappa shape index (κ2) is 5.98. The van der Waals surface area contributed by atoms with Crippen molar-refractivity contribution in [3.63, 3.8) is 0 Å². The maximum absolute atomic E-state index is 11.4. The maximum atomic E-state index is 11.4. The van der Waals surface area contributed by atoms with Gasteiger partial charge in [-0.1, -0.05) is 24.3 Å². The summed E-state index contributed by atoms with van der Waals surface area (Å²) in [5.41, 5.74) is 1.74. The lowest BCUT2D eigenvalue weighted by atomic mass is 10.1. The van der Waals surface area contributed by atoms with E-state index >= 15 is 0 Å². The van der Waals surface area contributed by atoms with Crippen LogP contribution in [0.25, 0.3) is 10.9 Å². The molecule has 0 spiro atoms. The first-order valence-electron chi connectivity index (χ1n) is 6.00. The van der Waals surface area contributed by atoms with Crippen LogP contribution in [-0.2, 0) is 21.2 Å². The van der Waals surface area contributed by atoms with Gasteiger partial charge in [0.2, 0.25) is 10.0 Å². The van der Waals surface area contributed by atoms with E-state index in [1.807, 2.05) is 30.3 Å². The number of pyridine rings is 1. The lowest BCUT2D eigenvalue weighted by Gasteiger charge is -2.07. The summed E-state index contributed by atoms with van der Waals surface area (Å²) < 4.78 is 25.0. The van der Waals surface area contributed by atoms with Gasteiger partial charge in [-0.2, -0.15) is 0 Å². The van der Waals surface area contributed by atoms with Crippen molar-refractivity contribution in [3.05, 3.63) is 42.1 Å². The van der Waals surface area contributed by atoms with Crippen molar-refractivity contribution in [1.29, 1.82) is 0 Å². The van der Waals surface area contributed by atoms with Crippen LogP contribution in [0.1, 0.15) is 5.56 Å². The van der Waals surface area contributed by atoms with Gasteiger partial charge in [0, 0.05) is 18.1 Å². The number of fused-ring (bicyclic) bond motifs is 1. The van der Waals surface area contributed by atoms with Crippen molar-refractivity contribution in [3.8, 4) is 0 Å². The monoisotopic (exact) mass is 294 g/mol. The Morgan fingerprint density at radius 1 is 1.25 bits per heavy atom. The first kappa shape index (κ1) is 14.4. The molecule has 0 aliphatic carbocycles. The van der Waals surface area contributed by atoms with Gasteiger partial charge in [-0.25, -0.2) is 13.1 Å². The summed E-state index contributed by atoms with van der Waals surface area (Å²) in [4.78, 5) is 14.7. The quantitative estimate of drug-likeness (QED) is 0.820. The number of nitrogens with one attached hydrogen (secondary N) is 1. The number of carboxylic acids is 1. The molecule has 0 bridgehead atoms. The van der Waals surface area contributed by atoms with E-state index in [9.17, 15) is 13.2 Å². The van der Waals surface area contributed by atoms with Crippen molar-refractivity contribution in [1.82, 2.24) is 9.71 Å². The summed E-state index contributed by atoms with van der Waals surface area (Å²) >= 11 is 0. The molecule has 20 heavy (non-hydrogen) atoms. The second-order valence-electron chi connectivity index (χ2n) is 4.29. The molecule has 6 nitrogen and oxygen atoms in total. The molecule has 1 aromatic carbocycles. The number of sulfonamides is 1. The average Bonchev–Trinajstić information content (AvgIpc) is 2.37. The highest BCUT2D eigenvalue weighted by molar-refractivity contribution is 7.90. The summed E-state index contributed by atoms with van der Waals surface area (Å²) in [5, 5.41) is 9.46. The lowest BCUT2D eigenvalue weighted by Crippen LogP contribution is -2.31. The summed E-state index contributed by atoms with van der Waals surface area (Å²) in [5.74, 6) is -2.29. The molecule has 2 N–H and O–H groups in total. The molecule has 0 unspecified atom stereocenters. The van der Waals surface area contributed by atoms with E-state index in [1.165, 1.54) is 0 Å². The third kappa shape index (κ3) is 3.75. The zero-order valence-electron chi connectivity index (χ0n) is 10.6. The number of hydrogen-bond acceptors (Lipinski definition) is 4. The minimum atomic E-state index is -3.77. The van der Waals surface area contributed by atoms with Gasteiger partial charge in [0.25, 0.3) is 0 Å². The van der Waals surface area contributed by atoms with Gasteiger partial charge < -0.3 is 5.11 Å². The Balaban J connectivity index is 2.05. The number of nitrogens with zero attached hydrogens (tertiary/aromatic N) is 1. The number of para-hydroxylation sites is 1. The zero-order valence-corrected chi connectivity index (χ0v) is 11.4. The molecular formula is C13H14N2O4S. The van der Waals surface area contributed by atoms with Gasteiger partial charge in [-0.05, 0) is 18.1 Å². The van der Waals surface area contributed by atoms with Gasteiger partial charge >= 0.3 is 5.97 Å². The average molecular weight is 294 g/mol. The Kier molecular flexibility index (Phi) is 4.31. The molecule has 0 amide bonds. The van der Waals surface area contributed by atoms with Gasteiger partial charge in [0.05, 0.1) is 5.52 Å². The number of rotatable bonds is 6. The molecule has 2 aromatic rings. The molecular weight excluding hydrogens is 280 g/mol. The normalized spacial score (nSPS) is 11.6. The van der Waals surface area contributed by atoms with Gasteiger partial charge in [0.1, 0.15) is 0 Å². The van der Waals surface area contributed by atoms with Crippen LogP contribution in [0.15, 0.2) is 36.5 Å². The predicted octanol–water partition coefficient (Wildman–Crippen LogP) is 0.781. The molecule has 1 heterocycles. The predicted molar refractivity (Wildman–Crippen MR) is 74.9 cm³/mol. The second-order valence-corrected chi connectivity index (χ2v) is 6.10.